The number of anilines is 2. The summed E-state index contributed by atoms with van der Waals surface area (Å²) in [5.74, 6) is -2.33. The van der Waals surface area contributed by atoms with E-state index in [1.165, 1.54) is 43.5 Å². The molecule has 1 heterocycles. The number of ether oxygens (including phenoxy) is 2. The highest BCUT2D eigenvalue weighted by atomic mass is 19.1. The number of carbonyl (C=O) groups is 4. The van der Waals surface area contributed by atoms with Gasteiger partial charge < -0.3 is 14.8 Å². The molecule has 4 rings (SSSR count). The number of amides is 5. The molecule has 0 radical (unpaired) electrons. The molecule has 0 spiro atoms. The number of nitrogens with one attached hydrogen (secondary N) is 2. The highest BCUT2D eigenvalue weighted by Crippen LogP contribution is 2.30. The third-order valence-corrected chi connectivity index (χ3v) is 5.12. The van der Waals surface area contributed by atoms with Gasteiger partial charge in [0.25, 0.3) is 17.7 Å². The number of methoxy groups -OCH3 is 1. The van der Waals surface area contributed by atoms with Crippen LogP contribution in [0.1, 0.15) is 5.56 Å². The van der Waals surface area contributed by atoms with Crippen LogP contribution in [0.4, 0.5) is 20.6 Å². The minimum Gasteiger partial charge on any atom is -0.493 e. The van der Waals surface area contributed by atoms with Crippen LogP contribution in [0.3, 0.4) is 0 Å². The van der Waals surface area contributed by atoms with Crippen LogP contribution >= 0.6 is 0 Å². The average Bonchev–Trinajstić information content (AvgIpc) is 2.87. The molecule has 36 heavy (non-hydrogen) atoms. The molecule has 0 aliphatic carbocycles. The third kappa shape index (κ3) is 5.22. The molecule has 3 aromatic carbocycles. The van der Waals surface area contributed by atoms with E-state index in [9.17, 15) is 23.6 Å². The van der Waals surface area contributed by atoms with Crippen molar-refractivity contribution in [2.24, 2.45) is 0 Å². The summed E-state index contributed by atoms with van der Waals surface area (Å²) in [6, 6.07) is 17.6. The first-order valence-corrected chi connectivity index (χ1v) is 10.7. The van der Waals surface area contributed by atoms with E-state index in [1.54, 1.807) is 42.5 Å². The van der Waals surface area contributed by atoms with Crippen molar-refractivity contribution >= 4 is 41.2 Å². The van der Waals surface area contributed by atoms with Crippen LogP contribution in [0.5, 0.6) is 11.5 Å². The van der Waals surface area contributed by atoms with Crippen LogP contribution in [0.15, 0.2) is 78.4 Å². The molecule has 0 unspecified atom stereocenters. The second kappa shape index (κ2) is 10.5. The van der Waals surface area contributed by atoms with Crippen molar-refractivity contribution in [3.63, 3.8) is 0 Å². The summed E-state index contributed by atoms with van der Waals surface area (Å²) >= 11 is 0. The lowest BCUT2D eigenvalue weighted by Crippen LogP contribution is -2.54. The van der Waals surface area contributed by atoms with E-state index in [2.05, 4.69) is 10.6 Å². The normalized spacial score (nSPS) is 14.4. The second-order valence-electron chi connectivity index (χ2n) is 7.52. The first-order valence-electron chi connectivity index (χ1n) is 10.7. The summed E-state index contributed by atoms with van der Waals surface area (Å²) in [6.45, 7) is -0.416. The zero-order valence-corrected chi connectivity index (χ0v) is 19.0. The van der Waals surface area contributed by atoms with Gasteiger partial charge in [0.2, 0.25) is 0 Å². The molecule has 10 heteroatoms. The highest BCUT2D eigenvalue weighted by molar-refractivity contribution is 6.39. The maximum Gasteiger partial charge on any atom is 0.335 e. The zero-order chi connectivity index (χ0) is 25.7. The largest absolute Gasteiger partial charge is 0.493 e. The van der Waals surface area contributed by atoms with Crippen LogP contribution in [0.2, 0.25) is 0 Å². The number of para-hydroxylation sites is 2. The molecule has 1 aliphatic heterocycles. The Balaban J connectivity index is 1.51. The fourth-order valence-corrected chi connectivity index (χ4v) is 3.42. The van der Waals surface area contributed by atoms with E-state index in [0.29, 0.717) is 11.3 Å². The van der Waals surface area contributed by atoms with Gasteiger partial charge in [0.05, 0.1) is 18.5 Å². The molecular weight excluding hydrogens is 469 g/mol. The molecule has 1 saturated heterocycles. The van der Waals surface area contributed by atoms with E-state index in [-0.39, 0.29) is 22.8 Å². The van der Waals surface area contributed by atoms with Crippen LogP contribution in [0.25, 0.3) is 6.08 Å². The first kappa shape index (κ1) is 24.1. The average molecular weight is 489 g/mol. The number of imide groups is 2. The summed E-state index contributed by atoms with van der Waals surface area (Å²) in [7, 11) is 1.38. The number of nitrogens with zero attached hydrogens (tertiary/aromatic N) is 1. The van der Waals surface area contributed by atoms with E-state index in [1.807, 2.05) is 0 Å². The van der Waals surface area contributed by atoms with Gasteiger partial charge in [-0.15, -0.1) is 0 Å². The summed E-state index contributed by atoms with van der Waals surface area (Å²) in [5, 5.41) is 4.57. The Morgan fingerprint density at radius 3 is 2.44 bits per heavy atom. The molecule has 3 aromatic rings. The minimum absolute atomic E-state index is 0.0264. The van der Waals surface area contributed by atoms with Gasteiger partial charge in [-0.3, -0.25) is 19.7 Å². The minimum atomic E-state index is -0.844. The molecule has 0 atom stereocenters. The van der Waals surface area contributed by atoms with Gasteiger partial charge in [0.15, 0.2) is 18.1 Å². The lowest BCUT2D eigenvalue weighted by molar-refractivity contribution is -0.122. The second-order valence-corrected chi connectivity index (χ2v) is 7.52. The molecule has 9 nitrogen and oxygen atoms in total. The first-order chi connectivity index (χ1) is 17.4. The summed E-state index contributed by atoms with van der Waals surface area (Å²) in [6.07, 6.45) is 1.32. The van der Waals surface area contributed by atoms with E-state index in [0.717, 1.165) is 4.90 Å². The number of rotatable bonds is 7. The standard InChI is InChI=1S/C26H20FN3O6/c1-35-22-14-16(11-12-21(22)36-15-23(31)28-20-10-6-5-9-19(20)27)13-18-24(32)29-26(34)30(25(18)33)17-7-3-2-4-8-17/h2-14H,15H2,1H3,(H,28,31)(H,29,32,34)/b18-13-. The summed E-state index contributed by atoms with van der Waals surface area (Å²) in [4.78, 5) is 50.7. The molecule has 182 valence electrons. The van der Waals surface area contributed by atoms with Gasteiger partial charge in [0.1, 0.15) is 11.4 Å². The number of halogens is 1. The predicted molar refractivity (Wildman–Crippen MR) is 129 cm³/mol. The Kier molecular flexibility index (Phi) is 7.05. The molecular formula is C26H20FN3O6. The van der Waals surface area contributed by atoms with Gasteiger partial charge in [-0.25, -0.2) is 14.1 Å². The van der Waals surface area contributed by atoms with E-state index >= 15 is 0 Å². The van der Waals surface area contributed by atoms with E-state index < -0.39 is 36.2 Å². The quantitative estimate of drug-likeness (QED) is 0.388. The van der Waals surface area contributed by atoms with Crippen molar-refractivity contribution in [3.8, 4) is 11.5 Å². The molecule has 5 amide bonds. The Bertz CT molecular complexity index is 1370. The zero-order valence-electron chi connectivity index (χ0n) is 19.0. The Hall–Kier alpha value is -4.99. The Labute approximate surface area is 205 Å². The number of hydrogen-bond acceptors (Lipinski definition) is 6. The van der Waals surface area contributed by atoms with Gasteiger partial charge in [-0.2, -0.15) is 0 Å². The van der Waals surface area contributed by atoms with Crippen LogP contribution < -0.4 is 25.0 Å². The highest BCUT2D eigenvalue weighted by Gasteiger charge is 2.36. The van der Waals surface area contributed by atoms with Crippen LogP contribution in [0, 0.1) is 5.82 Å². The van der Waals surface area contributed by atoms with Gasteiger partial charge in [-0.1, -0.05) is 36.4 Å². The fraction of sp³-hybridized carbons (Fsp3) is 0.0769. The fourth-order valence-electron chi connectivity index (χ4n) is 3.42. The Morgan fingerprint density at radius 1 is 1.00 bits per heavy atom. The van der Waals surface area contributed by atoms with Crippen molar-refractivity contribution in [2.45, 2.75) is 0 Å². The van der Waals surface area contributed by atoms with Gasteiger partial charge >= 0.3 is 6.03 Å². The number of hydrogen-bond donors (Lipinski definition) is 2. The molecule has 1 fully saturated rings. The molecule has 0 bridgehead atoms. The van der Waals surface area contributed by atoms with Crippen molar-refractivity contribution in [3.05, 3.63) is 89.8 Å². The van der Waals surface area contributed by atoms with Crippen LogP contribution in [-0.2, 0) is 14.4 Å². The molecule has 0 aromatic heterocycles. The van der Waals surface area contributed by atoms with Crippen molar-refractivity contribution in [2.75, 3.05) is 23.9 Å². The van der Waals surface area contributed by atoms with Crippen LogP contribution in [-0.4, -0.2) is 37.5 Å². The number of barbiturate groups is 1. The Morgan fingerprint density at radius 2 is 1.72 bits per heavy atom. The number of carbonyl (C=O) groups excluding carboxylic acids is 4. The lowest BCUT2D eigenvalue weighted by Gasteiger charge is -2.26. The van der Waals surface area contributed by atoms with Crippen molar-refractivity contribution in [1.82, 2.24) is 5.32 Å². The molecule has 2 N–H and O–H groups in total. The molecule has 1 aliphatic rings. The van der Waals surface area contributed by atoms with Crippen molar-refractivity contribution in [1.29, 1.82) is 0 Å². The number of urea groups is 1. The van der Waals surface area contributed by atoms with Crippen molar-refractivity contribution < 1.29 is 33.0 Å². The van der Waals surface area contributed by atoms with Gasteiger partial charge in [0, 0.05) is 0 Å². The maximum absolute atomic E-state index is 13.7. The maximum atomic E-state index is 13.7. The summed E-state index contributed by atoms with van der Waals surface area (Å²) in [5.41, 5.74) is 0.501. The monoisotopic (exact) mass is 489 g/mol. The predicted octanol–water partition coefficient (Wildman–Crippen LogP) is 3.52. The molecule has 0 saturated carbocycles. The van der Waals surface area contributed by atoms with E-state index in [4.69, 9.17) is 9.47 Å². The third-order valence-electron chi connectivity index (χ3n) is 5.12. The van der Waals surface area contributed by atoms with Gasteiger partial charge in [-0.05, 0) is 48.0 Å². The lowest BCUT2D eigenvalue weighted by atomic mass is 10.1. The number of benzene rings is 3. The topological polar surface area (TPSA) is 114 Å². The SMILES string of the molecule is COc1cc(/C=C2/C(=O)NC(=O)N(c3ccccc3)C2=O)ccc1OCC(=O)Nc1ccccc1F. The summed E-state index contributed by atoms with van der Waals surface area (Å²) < 4.78 is 24.5. The smallest absolute Gasteiger partial charge is 0.335 e.